The van der Waals surface area contributed by atoms with Crippen LogP contribution >= 0.6 is 0 Å². The Labute approximate surface area is 206 Å². The summed E-state index contributed by atoms with van der Waals surface area (Å²) in [6, 6.07) is 23.2. The Morgan fingerprint density at radius 3 is 2.46 bits per heavy atom. The maximum atomic E-state index is 13.9. The molecular formula is C30H31N3O2. The van der Waals surface area contributed by atoms with Crippen molar-refractivity contribution in [3.63, 3.8) is 0 Å². The molecule has 1 aromatic heterocycles. The Morgan fingerprint density at radius 1 is 1.03 bits per heavy atom. The Hall–Kier alpha value is -3.73. The Kier molecular flexibility index (Phi) is 6.25. The molecule has 1 heterocycles. The van der Waals surface area contributed by atoms with Gasteiger partial charge in [0.05, 0.1) is 22.6 Å². The molecular weight excluding hydrogens is 434 g/mol. The summed E-state index contributed by atoms with van der Waals surface area (Å²) >= 11 is 0. The number of carbonyl (C=O) groups is 1. The van der Waals surface area contributed by atoms with Gasteiger partial charge in [-0.3, -0.25) is 14.2 Å². The molecule has 0 spiro atoms. The van der Waals surface area contributed by atoms with Crippen molar-refractivity contribution in [2.24, 2.45) is 5.92 Å². The summed E-state index contributed by atoms with van der Waals surface area (Å²) in [7, 11) is 0. The van der Waals surface area contributed by atoms with Crippen LogP contribution in [0.15, 0.2) is 77.6 Å². The Morgan fingerprint density at radius 2 is 1.74 bits per heavy atom. The van der Waals surface area contributed by atoms with Crippen molar-refractivity contribution in [2.45, 2.75) is 52.6 Å². The van der Waals surface area contributed by atoms with E-state index in [2.05, 4.69) is 0 Å². The predicted octanol–water partition coefficient (Wildman–Crippen LogP) is 5.89. The lowest BCUT2D eigenvalue weighted by Gasteiger charge is -2.36. The average molecular weight is 466 g/mol. The summed E-state index contributed by atoms with van der Waals surface area (Å²) in [5.41, 5.74) is 4.47. The van der Waals surface area contributed by atoms with Crippen LogP contribution in [0, 0.1) is 19.8 Å². The zero-order valence-electron chi connectivity index (χ0n) is 20.6. The molecule has 5 heteroatoms. The fraction of sp³-hybridized carbons (Fsp3) is 0.300. The first-order chi connectivity index (χ1) is 16.9. The van der Waals surface area contributed by atoms with Gasteiger partial charge in [0.25, 0.3) is 5.56 Å². The van der Waals surface area contributed by atoms with Crippen molar-refractivity contribution in [1.82, 2.24) is 14.5 Å². The van der Waals surface area contributed by atoms with Gasteiger partial charge in [0.1, 0.15) is 5.82 Å². The summed E-state index contributed by atoms with van der Waals surface area (Å²) in [6.07, 6.45) is 2.93. The van der Waals surface area contributed by atoms with E-state index in [1.807, 2.05) is 98.5 Å². The first kappa shape index (κ1) is 23.0. The van der Waals surface area contributed by atoms with Crippen LogP contribution in [0.3, 0.4) is 0 Å². The molecule has 1 saturated carbocycles. The zero-order valence-corrected chi connectivity index (χ0v) is 20.6. The molecule has 5 nitrogen and oxygen atoms in total. The highest BCUT2D eigenvalue weighted by molar-refractivity contribution is 5.81. The second-order valence-electron chi connectivity index (χ2n) is 9.67. The quantitative estimate of drug-likeness (QED) is 0.357. The van der Waals surface area contributed by atoms with E-state index in [-0.39, 0.29) is 23.4 Å². The van der Waals surface area contributed by atoms with Gasteiger partial charge in [0.15, 0.2) is 0 Å². The van der Waals surface area contributed by atoms with Crippen LogP contribution in [0.2, 0.25) is 0 Å². The number of carbonyl (C=O) groups excluding carboxylic acids is 1. The second kappa shape index (κ2) is 9.49. The standard InChI is InChI=1S/C30H31N3O2/c1-20-16-17-21(2)27(18-20)33-28(31-26-15-8-7-14-25(26)30(33)35)22(3)32(29(34)24-12-9-13-24)19-23-10-5-4-6-11-23/h4-8,10-11,14-18,22,24H,9,12-13,19H2,1-3H3. The van der Waals surface area contributed by atoms with Crippen molar-refractivity contribution in [3.8, 4) is 5.69 Å². The van der Waals surface area contributed by atoms with E-state index < -0.39 is 0 Å². The molecule has 178 valence electrons. The first-order valence-corrected chi connectivity index (χ1v) is 12.4. The van der Waals surface area contributed by atoms with Gasteiger partial charge in [0, 0.05) is 12.5 Å². The summed E-state index contributed by atoms with van der Waals surface area (Å²) in [5, 5.41) is 0.573. The topological polar surface area (TPSA) is 55.2 Å². The molecule has 0 aliphatic heterocycles. The van der Waals surface area contributed by atoms with Crippen LogP contribution in [-0.2, 0) is 11.3 Å². The van der Waals surface area contributed by atoms with Crippen LogP contribution in [0.25, 0.3) is 16.6 Å². The molecule has 1 atom stereocenters. The number of hydrogen-bond donors (Lipinski definition) is 0. The van der Waals surface area contributed by atoms with Crippen LogP contribution in [0.5, 0.6) is 0 Å². The maximum Gasteiger partial charge on any atom is 0.266 e. The zero-order chi connectivity index (χ0) is 24.5. The number of rotatable bonds is 6. The summed E-state index contributed by atoms with van der Waals surface area (Å²) in [5.74, 6) is 0.774. The Bertz CT molecular complexity index is 1440. The van der Waals surface area contributed by atoms with Crippen LogP contribution in [-0.4, -0.2) is 20.4 Å². The average Bonchev–Trinajstić information content (AvgIpc) is 2.83. The predicted molar refractivity (Wildman–Crippen MR) is 140 cm³/mol. The molecule has 0 saturated heterocycles. The van der Waals surface area contributed by atoms with Crippen molar-refractivity contribution in [3.05, 3.63) is 106 Å². The number of amides is 1. The van der Waals surface area contributed by atoms with Gasteiger partial charge in [-0.1, -0.05) is 61.0 Å². The summed E-state index contributed by atoms with van der Waals surface area (Å²) in [4.78, 5) is 34.5. The van der Waals surface area contributed by atoms with Gasteiger partial charge < -0.3 is 4.90 Å². The SMILES string of the molecule is Cc1ccc(C)c(-n2c(C(C)N(Cc3ccccc3)C(=O)C3CCC3)nc3ccccc3c2=O)c1. The van der Waals surface area contributed by atoms with Crippen molar-refractivity contribution >= 4 is 16.8 Å². The number of fused-ring (bicyclic) bond motifs is 1. The number of aryl methyl sites for hydroxylation is 2. The molecule has 1 unspecified atom stereocenters. The molecule has 0 N–H and O–H groups in total. The molecule has 1 fully saturated rings. The second-order valence-corrected chi connectivity index (χ2v) is 9.67. The monoisotopic (exact) mass is 465 g/mol. The molecule has 1 aliphatic carbocycles. The lowest BCUT2D eigenvalue weighted by atomic mass is 9.84. The van der Waals surface area contributed by atoms with Gasteiger partial charge in [-0.2, -0.15) is 0 Å². The van der Waals surface area contributed by atoms with E-state index in [1.54, 1.807) is 4.57 Å². The largest absolute Gasteiger partial charge is 0.328 e. The molecule has 5 rings (SSSR count). The van der Waals surface area contributed by atoms with E-state index in [9.17, 15) is 9.59 Å². The van der Waals surface area contributed by atoms with Gasteiger partial charge in [-0.05, 0) is 68.5 Å². The molecule has 4 aromatic rings. The smallest absolute Gasteiger partial charge is 0.266 e. The minimum Gasteiger partial charge on any atom is -0.328 e. The van der Waals surface area contributed by atoms with Gasteiger partial charge in [-0.25, -0.2) is 4.98 Å². The third-order valence-corrected chi connectivity index (χ3v) is 7.18. The van der Waals surface area contributed by atoms with Crippen molar-refractivity contribution in [1.29, 1.82) is 0 Å². The number of nitrogens with zero attached hydrogens (tertiary/aromatic N) is 3. The van der Waals surface area contributed by atoms with Gasteiger partial charge >= 0.3 is 0 Å². The van der Waals surface area contributed by atoms with Crippen LogP contribution < -0.4 is 5.56 Å². The third-order valence-electron chi connectivity index (χ3n) is 7.18. The highest BCUT2D eigenvalue weighted by Crippen LogP contribution is 2.33. The summed E-state index contributed by atoms with van der Waals surface area (Å²) in [6.45, 7) is 6.50. The summed E-state index contributed by atoms with van der Waals surface area (Å²) < 4.78 is 1.72. The molecule has 1 aliphatic rings. The van der Waals surface area contributed by atoms with Crippen molar-refractivity contribution < 1.29 is 4.79 Å². The normalized spacial score (nSPS) is 14.5. The number of para-hydroxylation sites is 1. The van der Waals surface area contributed by atoms with E-state index in [1.165, 1.54) is 0 Å². The van der Waals surface area contributed by atoms with E-state index in [0.29, 0.717) is 23.3 Å². The number of aromatic nitrogens is 2. The molecule has 0 radical (unpaired) electrons. The highest BCUT2D eigenvalue weighted by atomic mass is 16.2. The minimum atomic E-state index is -0.388. The minimum absolute atomic E-state index is 0.0440. The van der Waals surface area contributed by atoms with Crippen LogP contribution in [0.4, 0.5) is 0 Å². The van der Waals surface area contributed by atoms with E-state index >= 15 is 0 Å². The fourth-order valence-corrected chi connectivity index (χ4v) is 4.84. The number of benzene rings is 3. The maximum absolute atomic E-state index is 13.9. The lowest BCUT2D eigenvalue weighted by molar-refractivity contribution is -0.141. The Balaban J connectivity index is 1.70. The molecule has 35 heavy (non-hydrogen) atoms. The van der Waals surface area contributed by atoms with Crippen LogP contribution in [0.1, 0.15) is 54.7 Å². The van der Waals surface area contributed by atoms with Gasteiger partial charge in [0.2, 0.25) is 5.91 Å². The fourth-order valence-electron chi connectivity index (χ4n) is 4.84. The molecule has 1 amide bonds. The third kappa shape index (κ3) is 4.39. The van der Waals surface area contributed by atoms with Gasteiger partial charge in [-0.15, -0.1) is 0 Å². The highest BCUT2D eigenvalue weighted by Gasteiger charge is 2.34. The lowest BCUT2D eigenvalue weighted by Crippen LogP contribution is -2.42. The van der Waals surface area contributed by atoms with Crippen molar-refractivity contribution in [2.75, 3.05) is 0 Å². The van der Waals surface area contributed by atoms with E-state index in [0.717, 1.165) is 41.6 Å². The first-order valence-electron chi connectivity index (χ1n) is 12.4. The van der Waals surface area contributed by atoms with E-state index in [4.69, 9.17) is 4.98 Å². The molecule has 3 aromatic carbocycles. The molecule has 0 bridgehead atoms. The number of hydrogen-bond acceptors (Lipinski definition) is 3.